The number of hydrogen-bond acceptors (Lipinski definition) is 7. The smallest absolute Gasteiger partial charge is 0.319 e. The van der Waals surface area contributed by atoms with E-state index in [1.807, 2.05) is 60.7 Å². The maximum absolute atomic E-state index is 13.8. The van der Waals surface area contributed by atoms with E-state index in [1.165, 1.54) is 18.7 Å². The van der Waals surface area contributed by atoms with E-state index in [2.05, 4.69) is 0 Å². The minimum atomic E-state index is -1.20. The number of nitrogens with zero attached hydrogens (tertiary/aromatic N) is 1. The van der Waals surface area contributed by atoms with Gasteiger partial charge in [0.2, 0.25) is 5.91 Å². The lowest BCUT2D eigenvalue weighted by atomic mass is 9.82. The summed E-state index contributed by atoms with van der Waals surface area (Å²) in [6.07, 6.45) is -1.42. The largest absolute Gasteiger partial charge is 0.462 e. The average Bonchev–Trinajstić information content (AvgIpc) is 2.82. The van der Waals surface area contributed by atoms with Crippen molar-refractivity contribution in [2.75, 3.05) is 12.3 Å². The monoisotopic (exact) mass is 454 g/mol. The van der Waals surface area contributed by atoms with Gasteiger partial charge in [0.25, 0.3) is 0 Å². The van der Waals surface area contributed by atoms with Crippen LogP contribution < -0.4 is 5.73 Å². The average molecular weight is 455 g/mol. The highest BCUT2D eigenvalue weighted by Gasteiger charge is 2.59. The van der Waals surface area contributed by atoms with E-state index in [9.17, 15) is 14.4 Å². The molecule has 4 rings (SSSR count). The Hall–Kier alpha value is -2.84. The molecule has 0 bridgehead atoms. The number of thioether (sulfide) groups is 1. The summed E-state index contributed by atoms with van der Waals surface area (Å²) in [7, 11) is 0. The molecule has 0 aromatic heterocycles. The van der Waals surface area contributed by atoms with Crippen LogP contribution in [0, 0.1) is 5.41 Å². The standard InChI is InChI=1S/C24H26N2O5S/c1-15(30-16(2)27)24(13-26-21(28)19(25)22(26)32-14-24)23(29)31-20(17-9-5-3-6-10-17)18-11-7-4-8-12-18/h3-12,15,19-20,22H,13-14,25H2,1-2H3/t15?,19?,22-,24?/m1/s1. The van der Waals surface area contributed by atoms with Gasteiger partial charge in [-0.05, 0) is 18.1 Å². The lowest BCUT2D eigenvalue weighted by Crippen LogP contribution is -2.73. The molecule has 2 N–H and O–H groups in total. The first-order chi connectivity index (χ1) is 15.3. The molecule has 0 spiro atoms. The van der Waals surface area contributed by atoms with Crippen LogP contribution in [0.25, 0.3) is 0 Å². The molecule has 2 aromatic carbocycles. The summed E-state index contributed by atoms with van der Waals surface area (Å²) in [6.45, 7) is 3.07. The van der Waals surface area contributed by atoms with Crippen LogP contribution in [-0.2, 0) is 23.9 Å². The number of fused-ring (bicyclic) bond motifs is 1. The number of amides is 1. The predicted octanol–water partition coefficient (Wildman–Crippen LogP) is 2.50. The number of hydrogen-bond donors (Lipinski definition) is 1. The Morgan fingerprint density at radius 1 is 1.06 bits per heavy atom. The highest BCUT2D eigenvalue weighted by Crippen LogP contribution is 2.45. The summed E-state index contributed by atoms with van der Waals surface area (Å²) in [6, 6.07) is 18.4. The molecule has 2 saturated heterocycles. The third-order valence-corrected chi connectivity index (χ3v) is 7.67. The molecule has 168 valence electrons. The van der Waals surface area contributed by atoms with Gasteiger partial charge in [-0.1, -0.05) is 60.7 Å². The van der Waals surface area contributed by atoms with Gasteiger partial charge in [0, 0.05) is 19.2 Å². The number of rotatable bonds is 6. The molecule has 2 aliphatic heterocycles. The molecule has 3 unspecified atom stereocenters. The van der Waals surface area contributed by atoms with Gasteiger partial charge >= 0.3 is 11.9 Å². The minimum absolute atomic E-state index is 0.0980. The molecule has 2 aliphatic rings. The number of ether oxygens (including phenoxy) is 2. The fourth-order valence-electron chi connectivity index (χ4n) is 4.20. The van der Waals surface area contributed by atoms with E-state index in [0.29, 0.717) is 5.75 Å². The Kier molecular flexibility index (Phi) is 6.26. The van der Waals surface area contributed by atoms with Gasteiger partial charge in [-0.15, -0.1) is 11.8 Å². The Labute approximate surface area is 191 Å². The van der Waals surface area contributed by atoms with Crippen molar-refractivity contribution in [1.29, 1.82) is 0 Å². The Morgan fingerprint density at radius 3 is 2.16 bits per heavy atom. The maximum atomic E-state index is 13.8. The van der Waals surface area contributed by atoms with E-state index in [4.69, 9.17) is 15.2 Å². The molecule has 2 heterocycles. The molecule has 0 aliphatic carbocycles. The van der Waals surface area contributed by atoms with Gasteiger partial charge in [0.05, 0.1) is 0 Å². The number of benzene rings is 2. The van der Waals surface area contributed by atoms with Gasteiger partial charge in [-0.2, -0.15) is 0 Å². The summed E-state index contributed by atoms with van der Waals surface area (Å²) in [5.41, 5.74) is 6.36. The van der Waals surface area contributed by atoms with Crippen molar-refractivity contribution in [3.05, 3.63) is 71.8 Å². The molecule has 0 radical (unpaired) electrons. The van der Waals surface area contributed by atoms with Crippen LogP contribution in [0.2, 0.25) is 0 Å². The van der Waals surface area contributed by atoms with E-state index in [1.54, 1.807) is 11.8 Å². The summed E-state index contributed by atoms with van der Waals surface area (Å²) >= 11 is 1.42. The van der Waals surface area contributed by atoms with Crippen LogP contribution in [-0.4, -0.2) is 52.6 Å². The van der Waals surface area contributed by atoms with Gasteiger partial charge < -0.3 is 20.1 Å². The van der Waals surface area contributed by atoms with Crippen LogP contribution in [0.4, 0.5) is 0 Å². The number of carbonyl (C=O) groups excluding carboxylic acids is 3. The van der Waals surface area contributed by atoms with Crippen molar-refractivity contribution in [3.63, 3.8) is 0 Å². The number of β-lactam (4-membered cyclic amide) rings is 1. The zero-order valence-electron chi connectivity index (χ0n) is 18.0. The summed E-state index contributed by atoms with van der Waals surface area (Å²) < 4.78 is 11.6. The number of esters is 2. The number of carbonyl (C=O) groups is 3. The third-order valence-electron chi connectivity index (χ3n) is 6.10. The lowest BCUT2D eigenvalue weighted by Gasteiger charge is -2.54. The first-order valence-electron chi connectivity index (χ1n) is 10.5. The molecule has 32 heavy (non-hydrogen) atoms. The second kappa shape index (κ2) is 8.96. The minimum Gasteiger partial charge on any atom is -0.462 e. The van der Waals surface area contributed by atoms with Crippen molar-refractivity contribution in [2.45, 2.75) is 37.5 Å². The van der Waals surface area contributed by atoms with Crippen LogP contribution in [0.3, 0.4) is 0 Å². The van der Waals surface area contributed by atoms with Crippen molar-refractivity contribution < 1.29 is 23.9 Å². The fourth-order valence-corrected chi connectivity index (χ4v) is 5.80. The molecule has 8 heteroatoms. The summed E-state index contributed by atoms with van der Waals surface area (Å²) in [5.74, 6) is -0.884. The summed E-state index contributed by atoms with van der Waals surface area (Å²) in [4.78, 5) is 39.4. The Bertz CT molecular complexity index is 962. The van der Waals surface area contributed by atoms with E-state index in [-0.39, 0.29) is 17.8 Å². The second-order valence-corrected chi connectivity index (χ2v) is 9.31. The van der Waals surface area contributed by atoms with Crippen LogP contribution >= 0.6 is 11.8 Å². The maximum Gasteiger partial charge on any atom is 0.319 e. The van der Waals surface area contributed by atoms with Crippen molar-refractivity contribution in [2.24, 2.45) is 11.1 Å². The van der Waals surface area contributed by atoms with Crippen LogP contribution in [0.15, 0.2) is 60.7 Å². The number of nitrogens with two attached hydrogens (primary N) is 1. The first kappa shape index (κ1) is 22.4. The predicted molar refractivity (Wildman–Crippen MR) is 120 cm³/mol. The van der Waals surface area contributed by atoms with Gasteiger partial charge in [-0.25, -0.2) is 0 Å². The van der Waals surface area contributed by atoms with Gasteiger partial charge in [0.1, 0.15) is 22.9 Å². The molecule has 4 atom stereocenters. The van der Waals surface area contributed by atoms with E-state index in [0.717, 1.165) is 11.1 Å². The van der Waals surface area contributed by atoms with Crippen LogP contribution in [0.5, 0.6) is 0 Å². The van der Waals surface area contributed by atoms with Crippen molar-refractivity contribution >= 4 is 29.6 Å². The zero-order valence-corrected chi connectivity index (χ0v) is 18.8. The van der Waals surface area contributed by atoms with Crippen molar-refractivity contribution in [1.82, 2.24) is 4.90 Å². The topological polar surface area (TPSA) is 98.9 Å². The zero-order chi connectivity index (χ0) is 22.9. The van der Waals surface area contributed by atoms with E-state index >= 15 is 0 Å². The summed E-state index contributed by atoms with van der Waals surface area (Å²) in [5, 5.41) is -0.174. The molecular formula is C24H26N2O5S. The second-order valence-electron chi connectivity index (χ2n) is 8.21. The molecular weight excluding hydrogens is 428 g/mol. The first-order valence-corrected chi connectivity index (χ1v) is 11.5. The Balaban J connectivity index is 1.67. The molecule has 2 fully saturated rings. The molecule has 7 nitrogen and oxygen atoms in total. The fraction of sp³-hybridized carbons (Fsp3) is 0.375. The third kappa shape index (κ3) is 4.00. The highest BCUT2D eigenvalue weighted by atomic mass is 32.2. The van der Waals surface area contributed by atoms with Crippen LogP contribution in [0.1, 0.15) is 31.1 Å². The Morgan fingerprint density at radius 2 is 1.62 bits per heavy atom. The molecule has 0 saturated carbocycles. The van der Waals surface area contributed by atoms with Gasteiger partial charge in [0.15, 0.2) is 6.10 Å². The molecule has 2 aromatic rings. The van der Waals surface area contributed by atoms with Gasteiger partial charge in [-0.3, -0.25) is 14.4 Å². The highest BCUT2D eigenvalue weighted by molar-refractivity contribution is 8.00. The normalized spacial score (nSPS) is 25.5. The molecule has 1 amide bonds. The lowest BCUT2D eigenvalue weighted by molar-refractivity contribution is -0.177. The quantitative estimate of drug-likeness (QED) is 0.529. The van der Waals surface area contributed by atoms with E-state index < -0.39 is 35.6 Å². The SMILES string of the molecule is CC(=O)OC(C)C1(C(=O)OC(c2ccccc2)c2ccccc2)CS[C@@H]2C(N)C(=O)N2C1. The van der Waals surface area contributed by atoms with Crippen molar-refractivity contribution in [3.8, 4) is 0 Å².